The number of thioether (sulfide) groups is 6. The smallest absolute Gasteiger partial charge is 0.0521 e. The monoisotopic (exact) mass is 406 g/mol. The predicted octanol–water partition coefficient (Wildman–Crippen LogP) is 4.40. The highest BCUT2D eigenvalue weighted by atomic mass is 32.2. The van der Waals surface area contributed by atoms with E-state index in [4.69, 9.17) is 5.11 Å². The van der Waals surface area contributed by atoms with Gasteiger partial charge in [-0.2, -0.15) is 70.6 Å². The van der Waals surface area contributed by atoms with Gasteiger partial charge in [0.15, 0.2) is 0 Å². The van der Waals surface area contributed by atoms with Crippen LogP contribution in [-0.4, -0.2) is 81.3 Å². The molecule has 0 aliphatic rings. The highest BCUT2D eigenvalue weighted by Gasteiger charge is 1.94. The summed E-state index contributed by atoms with van der Waals surface area (Å²) in [6.07, 6.45) is 3.55. The van der Waals surface area contributed by atoms with Crippen molar-refractivity contribution in [2.45, 2.75) is 6.42 Å². The first-order valence-electron chi connectivity index (χ1n) is 7.40. The van der Waals surface area contributed by atoms with Crippen LogP contribution in [0.5, 0.6) is 0 Å². The number of aliphatic hydroxyl groups is 1. The molecule has 7 heteroatoms. The Morgan fingerprint density at radius 2 is 0.905 bits per heavy atom. The van der Waals surface area contributed by atoms with E-state index >= 15 is 0 Å². The number of rotatable bonds is 18. The molecule has 0 spiro atoms. The minimum absolute atomic E-state index is 0.319. The van der Waals surface area contributed by atoms with Crippen LogP contribution in [0.15, 0.2) is 0 Å². The summed E-state index contributed by atoms with van der Waals surface area (Å²) in [5.41, 5.74) is 0. The fourth-order valence-corrected chi connectivity index (χ4v) is 7.33. The highest BCUT2D eigenvalue weighted by molar-refractivity contribution is 8.05. The van der Waals surface area contributed by atoms with Crippen LogP contribution in [0.4, 0.5) is 0 Å². The topological polar surface area (TPSA) is 20.2 Å². The lowest BCUT2D eigenvalue weighted by molar-refractivity contribution is 0.322. The standard InChI is InChI=1S/C14H30OS6/c1-16-7-8-20-12-9-17-4-2-5-18-10-13-21-14-11-19-6-3-15/h15H,2-14H2,1H3. The minimum atomic E-state index is 0.319. The van der Waals surface area contributed by atoms with Crippen LogP contribution in [0.25, 0.3) is 0 Å². The molecule has 128 valence electrons. The summed E-state index contributed by atoms with van der Waals surface area (Å²) in [6.45, 7) is 0.319. The van der Waals surface area contributed by atoms with Crippen molar-refractivity contribution >= 4 is 70.6 Å². The Morgan fingerprint density at radius 3 is 1.33 bits per heavy atom. The van der Waals surface area contributed by atoms with Gasteiger partial charge in [-0.25, -0.2) is 0 Å². The van der Waals surface area contributed by atoms with Crippen molar-refractivity contribution in [2.24, 2.45) is 0 Å². The van der Waals surface area contributed by atoms with Crippen molar-refractivity contribution in [1.82, 2.24) is 0 Å². The van der Waals surface area contributed by atoms with Crippen molar-refractivity contribution in [3.8, 4) is 0 Å². The Bertz CT molecular complexity index is 167. The molecule has 0 aromatic heterocycles. The molecule has 21 heavy (non-hydrogen) atoms. The van der Waals surface area contributed by atoms with Gasteiger partial charge in [-0.05, 0) is 24.2 Å². The van der Waals surface area contributed by atoms with Gasteiger partial charge in [-0.1, -0.05) is 0 Å². The van der Waals surface area contributed by atoms with Crippen LogP contribution in [0.2, 0.25) is 0 Å². The molecule has 0 unspecified atom stereocenters. The summed E-state index contributed by atoms with van der Waals surface area (Å²) in [5.74, 6) is 13.8. The molecule has 0 radical (unpaired) electrons. The predicted molar refractivity (Wildman–Crippen MR) is 117 cm³/mol. The molecule has 1 nitrogen and oxygen atoms in total. The van der Waals surface area contributed by atoms with E-state index < -0.39 is 0 Å². The van der Waals surface area contributed by atoms with Crippen LogP contribution >= 0.6 is 70.6 Å². The summed E-state index contributed by atoms with van der Waals surface area (Å²) in [6, 6.07) is 0. The highest BCUT2D eigenvalue weighted by Crippen LogP contribution is 2.13. The molecule has 0 rings (SSSR count). The molecule has 0 aliphatic carbocycles. The lowest BCUT2D eigenvalue weighted by Crippen LogP contribution is -1.94. The molecule has 0 aliphatic heterocycles. The van der Waals surface area contributed by atoms with Crippen molar-refractivity contribution in [1.29, 1.82) is 0 Å². The van der Waals surface area contributed by atoms with Gasteiger partial charge >= 0.3 is 0 Å². The van der Waals surface area contributed by atoms with Crippen LogP contribution < -0.4 is 0 Å². The van der Waals surface area contributed by atoms with E-state index in [1.165, 1.54) is 63.9 Å². The first-order chi connectivity index (χ1) is 10.4. The molecule has 0 saturated heterocycles. The lowest BCUT2D eigenvalue weighted by atomic mass is 10.6. The Morgan fingerprint density at radius 1 is 0.524 bits per heavy atom. The zero-order chi connectivity index (χ0) is 15.4. The van der Waals surface area contributed by atoms with E-state index in [9.17, 15) is 0 Å². The summed E-state index contributed by atoms with van der Waals surface area (Å²) >= 11 is 12.2. The van der Waals surface area contributed by atoms with Crippen LogP contribution in [0, 0.1) is 0 Å². The van der Waals surface area contributed by atoms with Gasteiger partial charge < -0.3 is 5.11 Å². The van der Waals surface area contributed by atoms with E-state index in [2.05, 4.69) is 53.3 Å². The lowest BCUT2D eigenvalue weighted by Gasteiger charge is -2.03. The Hall–Kier alpha value is 2.06. The first kappa shape index (κ1) is 23.1. The quantitative estimate of drug-likeness (QED) is 0.336. The van der Waals surface area contributed by atoms with Crippen LogP contribution in [0.3, 0.4) is 0 Å². The van der Waals surface area contributed by atoms with Crippen molar-refractivity contribution in [3.63, 3.8) is 0 Å². The third kappa shape index (κ3) is 22.1. The molecule has 0 atom stereocenters. The van der Waals surface area contributed by atoms with E-state index in [1.807, 2.05) is 23.5 Å². The third-order valence-corrected chi connectivity index (χ3v) is 9.08. The average molecular weight is 407 g/mol. The van der Waals surface area contributed by atoms with Gasteiger partial charge in [0.2, 0.25) is 0 Å². The maximum atomic E-state index is 8.66. The Labute approximate surface area is 157 Å². The zero-order valence-electron chi connectivity index (χ0n) is 13.1. The van der Waals surface area contributed by atoms with E-state index in [0.29, 0.717) is 6.61 Å². The average Bonchev–Trinajstić information content (AvgIpc) is 2.50. The van der Waals surface area contributed by atoms with Gasteiger partial charge in [0.1, 0.15) is 0 Å². The maximum absolute atomic E-state index is 8.66. The number of hydrogen-bond acceptors (Lipinski definition) is 7. The normalized spacial score (nSPS) is 11.1. The van der Waals surface area contributed by atoms with E-state index in [-0.39, 0.29) is 0 Å². The van der Waals surface area contributed by atoms with Crippen LogP contribution in [-0.2, 0) is 0 Å². The molecule has 0 amide bonds. The Kier molecular flexibility index (Phi) is 24.2. The maximum Gasteiger partial charge on any atom is 0.0521 e. The Balaban J connectivity index is 2.90. The zero-order valence-corrected chi connectivity index (χ0v) is 18.0. The van der Waals surface area contributed by atoms with Gasteiger partial charge in [0.05, 0.1) is 6.61 Å². The van der Waals surface area contributed by atoms with E-state index in [1.54, 1.807) is 0 Å². The summed E-state index contributed by atoms with van der Waals surface area (Å²) in [5, 5.41) is 8.66. The molecule has 1 N–H and O–H groups in total. The second-order valence-electron chi connectivity index (χ2n) is 4.13. The van der Waals surface area contributed by atoms with Crippen LogP contribution in [0.1, 0.15) is 6.42 Å². The van der Waals surface area contributed by atoms with E-state index in [0.717, 1.165) is 5.75 Å². The van der Waals surface area contributed by atoms with Gasteiger partial charge in [0, 0.05) is 51.8 Å². The van der Waals surface area contributed by atoms with Crippen molar-refractivity contribution in [3.05, 3.63) is 0 Å². The summed E-state index contributed by atoms with van der Waals surface area (Å²) in [7, 11) is 0. The molecular weight excluding hydrogens is 377 g/mol. The molecule has 0 aromatic rings. The number of aliphatic hydroxyl groups excluding tert-OH is 1. The van der Waals surface area contributed by atoms with Crippen molar-refractivity contribution in [2.75, 3.05) is 76.1 Å². The van der Waals surface area contributed by atoms with Gasteiger partial charge in [0.25, 0.3) is 0 Å². The molecule has 0 saturated carbocycles. The molecule has 0 heterocycles. The fraction of sp³-hybridized carbons (Fsp3) is 1.00. The second kappa shape index (κ2) is 22.1. The molecule has 0 fully saturated rings. The summed E-state index contributed by atoms with van der Waals surface area (Å²) in [4.78, 5) is 0. The van der Waals surface area contributed by atoms with Gasteiger partial charge in [-0.3, -0.25) is 0 Å². The minimum Gasteiger partial charge on any atom is -0.396 e. The van der Waals surface area contributed by atoms with Crippen molar-refractivity contribution < 1.29 is 5.11 Å². The fourth-order valence-electron chi connectivity index (χ4n) is 1.33. The molecule has 0 aromatic carbocycles. The largest absolute Gasteiger partial charge is 0.396 e. The first-order valence-corrected chi connectivity index (χ1v) is 14.6. The third-order valence-electron chi connectivity index (χ3n) is 2.36. The molecule has 0 bridgehead atoms. The SMILES string of the molecule is CSCCSCCSCCCSCCSCCSCCO. The van der Waals surface area contributed by atoms with Gasteiger partial charge in [-0.15, -0.1) is 0 Å². The number of hydrogen-bond donors (Lipinski definition) is 1. The second-order valence-corrected chi connectivity index (χ2v) is 11.2. The summed E-state index contributed by atoms with van der Waals surface area (Å²) < 4.78 is 0. The molecular formula is C14H30OS6.